The van der Waals surface area contributed by atoms with E-state index in [2.05, 4.69) is 27.5 Å². The number of guanidine groups is 1. The first-order valence-electron chi connectivity index (χ1n) is 8.00. The molecule has 5 nitrogen and oxygen atoms in total. The van der Waals surface area contributed by atoms with E-state index in [1.54, 1.807) is 25.4 Å². The molecule has 2 unspecified atom stereocenters. The molecule has 3 rings (SSSR count). The van der Waals surface area contributed by atoms with Crippen LogP contribution in [0, 0.1) is 11.7 Å². The fraction of sp³-hybridized carbons (Fsp3) is 0.333. The number of aliphatic imine (C=N–C) groups is 1. The molecule has 1 aromatic carbocycles. The van der Waals surface area contributed by atoms with Gasteiger partial charge in [-0.3, -0.25) is 4.99 Å². The second kappa shape index (κ2) is 7.29. The molecule has 1 aromatic heterocycles. The average molecular weight is 328 g/mol. The Bertz CT molecular complexity index is 734. The zero-order valence-electron chi connectivity index (χ0n) is 13.8. The van der Waals surface area contributed by atoms with Crippen LogP contribution in [-0.2, 0) is 6.54 Å². The number of nitrogens with one attached hydrogen (secondary N) is 2. The maximum Gasteiger partial charge on any atom is 0.224 e. The van der Waals surface area contributed by atoms with Crippen molar-refractivity contribution in [1.29, 1.82) is 0 Å². The van der Waals surface area contributed by atoms with Crippen LogP contribution in [0.2, 0.25) is 0 Å². The third kappa shape index (κ3) is 4.22. The van der Waals surface area contributed by atoms with Gasteiger partial charge in [0.1, 0.15) is 11.6 Å². The van der Waals surface area contributed by atoms with E-state index in [9.17, 15) is 4.39 Å². The number of aromatic nitrogens is 1. The third-order valence-corrected chi connectivity index (χ3v) is 3.96. The number of rotatable bonds is 5. The maximum atomic E-state index is 13.3. The molecule has 0 spiro atoms. The number of halogens is 1. The zero-order chi connectivity index (χ0) is 16.9. The van der Waals surface area contributed by atoms with E-state index in [4.69, 9.17) is 4.74 Å². The minimum absolute atomic E-state index is 0.341. The van der Waals surface area contributed by atoms with Crippen LogP contribution in [0.1, 0.15) is 18.9 Å². The van der Waals surface area contributed by atoms with Gasteiger partial charge in [0.05, 0.1) is 0 Å². The van der Waals surface area contributed by atoms with Crippen LogP contribution in [0.4, 0.5) is 4.39 Å². The molecular weight excluding hydrogens is 307 g/mol. The summed E-state index contributed by atoms with van der Waals surface area (Å²) in [6.07, 6.45) is 2.82. The van der Waals surface area contributed by atoms with Crippen LogP contribution in [-0.4, -0.2) is 24.0 Å². The van der Waals surface area contributed by atoms with Crippen molar-refractivity contribution in [2.45, 2.75) is 25.9 Å². The molecular formula is C18H21FN4O. The van der Waals surface area contributed by atoms with Crippen molar-refractivity contribution in [1.82, 2.24) is 15.6 Å². The minimum Gasteiger partial charge on any atom is -0.439 e. The van der Waals surface area contributed by atoms with Crippen molar-refractivity contribution in [3.8, 4) is 11.6 Å². The van der Waals surface area contributed by atoms with Crippen LogP contribution in [0.15, 0.2) is 47.6 Å². The number of benzene rings is 1. The summed E-state index contributed by atoms with van der Waals surface area (Å²) in [4.78, 5) is 8.47. The first-order valence-corrected chi connectivity index (χ1v) is 8.00. The quantitative estimate of drug-likeness (QED) is 0.654. The van der Waals surface area contributed by atoms with Gasteiger partial charge < -0.3 is 15.4 Å². The molecule has 0 aliphatic heterocycles. The Morgan fingerprint density at radius 2 is 2.21 bits per heavy atom. The molecule has 1 aliphatic rings. The Morgan fingerprint density at radius 3 is 2.92 bits per heavy atom. The summed E-state index contributed by atoms with van der Waals surface area (Å²) in [6, 6.07) is 10.3. The summed E-state index contributed by atoms with van der Waals surface area (Å²) >= 11 is 0. The Hall–Kier alpha value is -2.63. The van der Waals surface area contributed by atoms with Crippen molar-refractivity contribution in [2.75, 3.05) is 7.05 Å². The molecule has 1 aliphatic carbocycles. The lowest BCUT2D eigenvalue weighted by atomic mass is 10.2. The third-order valence-electron chi connectivity index (χ3n) is 3.96. The number of hydrogen-bond donors (Lipinski definition) is 2. The molecule has 2 aromatic rings. The van der Waals surface area contributed by atoms with Gasteiger partial charge in [-0.15, -0.1) is 0 Å². The van der Waals surface area contributed by atoms with E-state index in [1.165, 1.54) is 18.6 Å². The standard InChI is InChI=1S/C18H21FN4O/c1-12-9-16(12)23-18(20-2)22-11-13-5-4-8-21-17(13)24-15-7-3-6-14(19)10-15/h3-8,10,12,16H,9,11H2,1-2H3,(H2,20,22,23). The number of pyridine rings is 1. The first-order chi connectivity index (χ1) is 11.7. The van der Waals surface area contributed by atoms with E-state index < -0.39 is 0 Å². The predicted octanol–water partition coefficient (Wildman–Crippen LogP) is 3.09. The minimum atomic E-state index is -0.341. The van der Waals surface area contributed by atoms with Gasteiger partial charge >= 0.3 is 0 Å². The van der Waals surface area contributed by atoms with Crippen LogP contribution >= 0.6 is 0 Å². The van der Waals surface area contributed by atoms with E-state index in [0.29, 0.717) is 30.1 Å². The molecule has 126 valence electrons. The van der Waals surface area contributed by atoms with Crippen LogP contribution in [0.25, 0.3) is 0 Å². The Balaban J connectivity index is 1.65. The van der Waals surface area contributed by atoms with Gasteiger partial charge in [-0.2, -0.15) is 0 Å². The van der Waals surface area contributed by atoms with Crippen molar-refractivity contribution >= 4 is 5.96 Å². The van der Waals surface area contributed by atoms with Gasteiger partial charge in [0.15, 0.2) is 5.96 Å². The average Bonchev–Trinajstić information content (AvgIpc) is 3.27. The number of ether oxygens (including phenoxy) is 1. The molecule has 2 N–H and O–H groups in total. The van der Waals surface area contributed by atoms with Crippen LogP contribution in [0.3, 0.4) is 0 Å². The second-order valence-electron chi connectivity index (χ2n) is 5.92. The SMILES string of the molecule is CN=C(NCc1cccnc1Oc1cccc(F)c1)NC1CC1C. The number of nitrogens with zero attached hydrogens (tertiary/aromatic N) is 2. The topological polar surface area (TPSA) is 58.5 Å². The lowest BCUT2D eigenvalue weighted by Crippen LogP contribution is -2.38. The molecule has 2 atom stereocenters. The van der Waals surface area contributed by atoms with Crippen LogP contribution in [0.5, 0.6) is 11.6 Å². The van der Waals surface area contributed by atoms with E-state index in [1.807, 2.05) is 12.1 Å². The molecule has 0 radical (unpaired) electrons. The smallest absolute Gasteiger partial charge is 0.224 e. The van der Waals surface area contributed by atoms with Gasteiger partial charge in [-0.1, -0.05) is 19.1 Å². The summed E-state index contributed by atoms with van der Waals surface area (Å²) in [5.74, 6) is 1.97. The van der Waals surface area contributed by atoms with Crippen LogP contribution < -0.4 is 15.4 Å². The summed E-state index contributed by atoms with van der Waals surface area (Å²) < 4.78 is 19.0. The normalized spacial score (nSPS) is 19.7. The highest BCUT2D eigenvalue weighted by atomic mass is 19.1. The van der Waals surface area contributed by atoms with Crippen molar-refractivity contribution < 1.29 is 9.13 Å². The van der Waals surface area contributed by atoms with Gasteiger partial charge in [0.2, 0.25) is 5.88 Å². The Kier molecular flexibility index (Phi) is 4.93. The molecule has 0 bridgehead atoms. The second-order valence-corrected chi connectivity index (χ2v) is 5.92. The first kappa shape index (κ1) is 16.2. The van der Waals surface area contributed by atoms with Gasteiger partial charge in [-0.05, 0) is 30.5 Å². The summed E-state index contributed by atoms with van der Waals surface area (Å²) in [7, 11) is 1.75. The predicted molar refractivity (Wildman–Crippen MR) is 91.6 cm³/mol. The van der Waals surface area contributed by atoms with Gasteiger partial charge in [0.25, 0.3) is 0 Å². The highest BCUT2D eigenvalue weighted by molar-refractivity contribution is 5.80. The Morgan fingerprint density at radius 1 is 1.38 bits per heavy atom. The van der Waals surface area contributed by atoms with Gasteiger partial charge in [0, 0.05) is 37.5 Å². The molecule has 6 heteroatoms. The summed E-state index contributed by atoms with van der Waals surface area (Å²) in [5, 5.41) is 6.63. The van der Waals surface area contributed by atoms with Crippen molar-refractivity contribution in [3.05, 3.63) is 54.0 Å². The lowest BCUT2D eigenvalue weighted by molar-refractivity contribution is 0.450. The monoisotopic (exact) mass is 328 g/mol. The van der Waals surface area contributed by atoms with E-state index in [0.717, 1.165) is 11.5 Å². The Labute approximate surface area is 141 Å². The summed E-state index contributed by atoms with van der Waals surface area (Å²) in [5.41, 5.74) is 0.869. The molecule has 24 heavy (non-hydrogen) atoms. The van der Waals surface area contributed by atoms with Gasteiger partial charge in [-0.25, -0.2) is 9.37 Å². The molecule has 1 heterocycles. The van der Waals surface area contributed by atoms with Crippen molar-refractivity contribution in [3.63, 3.8) is 0 Å². The largest absolute Gasteiger partial charge is 0.439 e. The zero-order valence-corrected chi connectivity index (χ0v) is 13.8. The fourth-order valence-electron chi connectivity index (χ4n) is 2.37. The number of hydrogen-bond acceptors (Lipinski definition) is 3. The summed E-state index contributed by atoms with van der Waals surface area (Å²) in [6.45, 7) is 2.72. The molecule has 0 saturated heterocycles. The van der Waals surface area contributed by atoms with E-state index in [-0.39, 0.29) is 5.82 Å². The highest BCUT2D eigenvalue weighted by Gasteiger charge is 2.33. The van der Waals surface area contributed by atoms with Crippen molar-refractivity contribution in [2.24, 2.45) is 10.9 Å². The lowest BCUT2D eigenvalue weighted by Gasteiger charge is -2.14. The van der Waals surface area contributed by atoms with E-state index >= 15 is 0 Å². The fourth-order valence-corrected chi connectivity index (χ4v) is 2.37. The molecule has 1 saturated carbocycles. The molecule has 0 amide bonds. The molecule has 1 fully saturated rings. The highest BCUT2D eigenvalue weighted by Crippen LogP contribution is 2.28. The maximum absolute atomic E-state index is 13.3.